The van der Waals surface area contributed by atoms with Gasteiger partial charge in [0.25, 0.3) is 11.2 Å². The molecule has 0 unspecified atom stereocenters. The Labute approximate surface area is 102 Å². The van der Waals surface area contributed by atoms with Gasteiger partial charge in [0.15, 0.2) is 0 Å². The van der Waals surface area contributed by atoms with Crippen molar-refractivity contribution in [3.63, 3.8) is 0 Å². The first-order chi connectivity index (χ1) is 8.45. The third kappa shape index (κ3) is 1.69. The fraction of sp³-hybridized carbons (Fsp3) is 0.273. The average molecular weight is 248 g/mol. The van der Waals surface area contributed by atoms with E-state index in [1.807, 2.05) is 0 Å². The number of nitrogens with one attached hydrogen (secondary N) is 1. The Bertz CT molecular complexity index is 705. The molecule has 2 rings (SSSR count). The third-order valence-electron chi connectivity index (χ3n) is 2.87. The summed E-state index contributed by atoms with van der Waals surface area (Å²) in [7, 11) is 3.22. The number of hydrogen-bond acceptors (Lipinski definition) is 5. The second kappa shape index (κ2) is 4.10. The van der Waals surface area contributed by atoms with E-state index in [2.05, 4.69) is 10.3 Å². The van der Waals surface area contributed by atoms with Crippen molar-refractivity contribution in [1.29, 1.82) is 0 Å². The number of aryl methyl sites for hydroxylation is 1. The molecule has 0 fully saturated rings. The standard InChI is InChI=1S/C11H12N4O3/c1-6-13-9-5-7(15(17)18)4-8(12-2)10(9)11(16)14(6)3/h4-5,12H,1-3H3. The quantitative estimate of drug-likeness (QED) is 0.636. The van der Waals surface area contributed by atoms with Crippen LogP contribution in [0.4, 0.5) is 11.4 Å². The minimum absolute atomic E-state index is 0.0907. The van der Waals surface area contributed by atoms with Crippen LogP contribution in [0.2, 0.25) is 0 Å². The lowest BCUT2D eigenvalue weighted by Gasteiger charge is -2.09. The van der Waals surface area contributed by atoms with Crippen molar-refractivity contribution in [2.45, 2.75) is 6.92 Å². The normalized spacial score (nSPS) is 10.6. The molecule has 1 N–H and O–H groups in total. The van der Waals surface area contributed by atoms with Crippen molar-refractivity contribution in [3.05, 3.63) is 38.4 Å². The summed E-state index contributed by atoms with van der Waals surface area (Å²) in [5, 5.41) is 14.0. The number of fused-ring (bicyclic) bond motifs is 1. The van der Waals surface area contributed by atoms with E-state index >= 15 is 0 Å². The first-order valence-electron chi connectivity index (χ1n) is 5.29. The van der Waals surface area contributed by atoms with E-state index in [9.17, 15) is 14.9 Å². The third-order valence-corrected chi connectivity index (χ3v) is 2.87. The van der Waals surface area contributed by atoms with E-state index < -0.39 is 4.92 Å². The monoisotopic (exact) mass is 248 g/mol. The zero-order chi connectivity index (χ0) is 13.4. The number of hydrogen-bond donors (Lipinski definition) is 1. The van der Waals surface area contributed by atoms with Gasteiger partial charge in [0.1, 0.15) is 5.82 Å². The molecule has 0 saturated carbocycles. The molecular weight excluding hydrogens is 236 g/mol. The van der Waals surface area contributed by atoms with E-state index in [-0.39, 0.29) is 11.2 Å². The highest BCUT2D eigenvalue weighted by atomic mass is 16.6. The van der Waals surface area contributed by atoms with Crippen molar-refractivity contribution < 1.29 is 4.92 Å². The van der Waals surface area contributed by atoms with Gasteiger partial charge in [0.05, 0.1) is 21.5 Å². The van der Waals surface area contributed by atoms with E-state index in [4.69, 9.17) is 0 Å². The number of benzene rings is 1. The lowest BCUT2D eigenvalue weighted by atomic mass is 10.1. The van der Waals surface area contributed by atoms with E-state index in [0.717, 1.165) is 0 Å². The summed E-state index contributed by atoms with van der Waals surface area (Å²) in [5.74, 6) is 0.509. The molecule has 0 saturated heterocycles. The molecule has 1 heterocycles. The summed E-state index contributed by atoms with van der Waals surface area (Å²) in [5.41, 5.74) is 0.421. The van der Waals surface area contributed by atoms with Crippen LogP contribution in [0.25, 0.3) is 10.9 Å². The molecule has 0 radical (unpaired) electrons. The fourth-order valence-electron chi connectivity index (χ4n) is 1.79. The molecule has 2 aromatic rings. The Kier molecular flexibility index (Phi) is 2.74. The minimum Gasteiger partial charge on any atom is -0.387 e. The van der Waals surface area contributed by atoms with Gasteiger partial charge >= 0.3 is 0 Å². The molecule has 0 aliphatic carbocycles. The molecule has 0 amide bonds. The summed E-state index contributed by atoms with van der Waals surface area (Å²) >= 11 is 0. The number of nitrogens with zero attached hydrogens (tertiary/aromatic N) is 3. The number of rotatable bonds is 2. The van der Waals surface area contributed by atoms with Crippen LogP contribution in [0.1, 0.15) is 5.82 Å². The topological polar surface area (TPSA) is 90.1 Å². The Balaban J connectivity index is 2.97. The van der Waals surface area contributed by atoms with Crippen LogP contribution in [0.5, 0.6) is 0 Å². The SMILES string of the molecule is CNc1cc([N+](=O)[O-])cc2nc(C)n(C)c(=O)c12. The van der Waals surface area contributed by atoms with Gasteiger partial charge in [-0.15, -0.1) is 0 Å². The summed E-state index contributed by atoms with van der Waals surface area (Å²) in [6.07, 6.45) is 0. The Morgan fingerprint density at radius 2 is 2.11 bits per heavy atom. The molecule has 7 heteroatoms. The maximum atomic E-state index is 12.1. The second-order valence-corrected chi connectivity index (χ2v) is 3.92. The van der Waals surface area contributed by atoms with Crippen LogP contribution < -0.4 is 10.9 Å². The smallest absolute Gasteiger partial charge is 0.273 e. The predicted octanol–water partition coefficient (Wildman–Crippen LogP) is 1.19. The van der Waals surface area contributed by atoms with Crippen molar-refractivity contribution in [2.24, 2.45) is 7.05 Å². The molecule has 0 spiro atoms. The molecular formula is C11H12N4O3. The average Bonchev–Trinajstić information content (AvgIpc) is 2.34. The molecule has 18 heavy (non-hydrogen) atoms. The summed E-state index contributed by atoms with van der Waals surface area (Å²) < 4.78 is 1.41. The predicted molar refractivity (Wildman–Crippen MR) is 67.9 cm³/mol. The second-order valence-electron chi connectivity index (χ2n) is 3.92. The maximum Gasteiger partial charge on any atom is 0.273 e. The van der Waals surface area contributed by atoms with Gasteiger partial charge in [-0.3, -0.25) is 19.5 Å². The maximum absolute atomic E-state index is 12.1. The number of nitro benzene ring substituents is 1. The van der Waals surface area contributed by atoms with Crippen LogP contribution >= 0.6 is 0 Å². The summed E-state index contributed by atoms with van der Waals surface area (Å²) in [6.45, 7) is 1.68. The van der Waals surface area contributed by atoms with Crippen molar-refractivity contribution >= 4 is 22.3 Å². The van der Waals surface area contributed by atoms with Gasteiger partial charge in [-0.25, -0.2) is 4.98 Å². The summed E-state index contributed by atoms with van der Waals surface area (Å²) in [4.78, 5) is 26.6. The molecule has 0 bridgehead atoms. The molecule has 0 aliphatic heterocycles. The first kappa shape index (κ1) is 12.0. The van der Waals surface area contributed by atoms with Crippen LogP contribution in [0.3, 0.4) is 0 Å². The van der Waals surface area contributed by atoms with Crippen LogP contribution in [0.15, 0.2) is 16.9 Å². The van der Waals surface area contributed by atoms with Crippen LogP contribution in [-0.4, -0.2) is 21.5 Å². The first-order valence-corrected chi connectivity index (χ1v) is 5.29. The highest BCUT2D eigenvalue weighted by molar-refractivity contribution is 5.92. The Hall–Kier alpha value is -2.44. The summed E-state index contributed by atoms with van der Waals surface area (Å²) in [6, 6.07) is 2.64. The molecule has 7 nitrogen and oxygen atoms in total. The van der Waals surface area contributed by atoms with Gasteiger partial charge in [-0.05, 0) is 6.92 Å². The number of non-ortho nitro benzene ring substituents is 1. The van der Waals surface area contributed by atoms with Crippen LogP contribution in [0, 0.1) is 17.0 Å². The highest BCUT2D eigenvalue weighted by Gasteiger charge is 2.15. The molecule has 1 aromatic carbocycles. The lowest BCUT2D eigenvalue weighted by Crippen LogP contribution is -2.21. The number of nitro groups is 1. The van der Waals surface area contributed by atoms with Gasteiger partial charge in [-0.2, -0.15) is 0 Å². The van der Waals surface area contributed by atoms with E-state index in [0.29, 0.717) is 22.4 Å². The van der Waals surface area contributed by atoms with Gasteiger partial charge < -0.3 is 5.32 Å². The zero-order valence-electron chi connectivity index (χ0n) is 10.2. The number of anilines is 1. The minimum atomic E-state index is -0.505. The van der Waals surface area contributed by atoms with Gasteiger partial charge in [0.2, 0.25) is 0 Å². The highest BCUT2D eigenvalue weighted by Crippen LogP contribution is 2.25. The molecule has 1 aromatic heterocycles. The molecule has 94 valence electrons. The van der Waals surface area contributed by atoms with Crippen LogP contribution in [-0.2, 0) is 7.05 Å². The van der Waals surface area contributed by atoms with Gasteiger partial charge in [-0.1, -0.05) is 0 Å². The zero-order valence-corrected chi connectivity index (χ0v) is 10.2. The van der Waals surface area contributed by atoms with Crippen molar-refractivity contribution in [1.82, 2.24) is 9.55 Å². The number of aromatic nitrogens is 2. The van der Waals surface area contributed by atoms with Gasteiger partial charge in [0, 0.05) is 26.2 Å². The lowest BCUT2D eigenvalue weighted by molar-refractivity contribution is -0.384. The Morgan fingerprint density at radius 3 is 2.67 bits per heavy atom. The Morgan fingerprint density at radius 1 is 1.44 bits per heavy atom. The van der Waals surface area contributed by atoms with E-state index in [1.165, 1.54) is 16.7 Å². The largest absolute Gasteiger partial charge is 0.387 e. The molecule has 0 atom stereocenters. The van der Waals surface area contributed by atoms with Crippen molar-refractivity contribution in [2.75, 3.05) is 12.4 Å². The van der Waals surface area contributed by atoms with Crippen molar-refractivity contribution in [3.8, 4) is 0 Å². The van der Waals surface area contributed by atoms with E-state index in [1.54, 1.807) is 21.0 Å². The fourth-order valence-corrected chi connectivity index (χ4v) is 1.79. The molecule has 0 aliphatic rings.